The van der Waals surface area contributed by atoms with E-state index < -0.39 is 0 Å². The molecule has 0 aromatic carbocycles. The smallest absolute Gasteiger partial charge is 0.233 e. The Hall–Kier alpha value is -0.570. The van der Waals surface area contributed by atoms with Crippen LogP contribution in [0.15, 0.2) is 0 Å². The van der Waals surface area contributed by atoms with Crippen molar-refractivity contribution in [2.75, 3.05) is 13.1 Å². The van der Waals surface area contributed by atoms with Crippen molar-refractivity contribution >= 4 is 5.91 Å². The predicted octanol–water partition coefficient (Wildman–Crippen LogP) is 2.71. The fourth-order valence-corrected chi connectivity index (χ4v) is 2.86. The largest absolute Gasteiger partial charge is 0.355 e. The number of carbonyl (C=O) groups excluding carboxylic acids is 1. The van der Waals surface area contributed by atoms with E-state index in [-0.39, 0.29) is 5.91 Å². The Morgan fingerprint density at radius 1 is 1.17 bits per heavy atom. The Labute approximate surface area is 112 Å². The molecule has 0 aromatic rings. The Bertz CT molecular complexity index is 255. The standard InChI is InChI=1S/C15H30N2O/c1-5-15(3,4)12-7-9-13(10-8-12)17-11-14(18)16-6-2/h12-13,17H,5-11H2,1-4H3,(H,16,18). The lowest BCUT2D eigenvalue weighted by Crippen LogP contribution is -2.42. The van der Waals surface area contributed by atoms with Crippen LogP contribution < -0.4 is 10.6 Å². The normalized spacial score (nSPS) is 24.9. The van der Waals surface area contributed by atoms with Gasteiger partial charge >= 0.3 is 0 Å². The van der Waals surface area contributed by atoms with Crippen LogP contribution in [-0.4, -0.2) is 25.0 Å². The molecule has 0 saturated heterocycles. The minimum absolute atomic E-state index is 0.119. The lowest BCUT2D eigenvalue weighted by Gasteiger charge is -2.39. The number of hydrogen-bond acceptors (Lipinski definition) is 2. The van der Waals surface area contributed by atoms with Crippen molar-refractivity contribution in [1.82, 2.24) is 10.6 Å². The molecule has 3 nitrogen and oxygen atoms in total. The molecular formula is C15H30N2O. The molecule has 3 heteroatoms. The molecule has 0 spiro atoms. The molecule has 106 valence electrons. The lowest BCUT2D eigenvalue weighted by atomic mass is 9.69. The first kappa shape index (κ1) is 15.5. The monoisotopic (exact) mass is 254 g/mol. The molecule has 1 fully saturated rings. The van der Waals surface area contributed by atoms with Gasteiger partial charge in [0.2, 0.25) is 5.91 Å². The minimum atomic E-state index is 0.119. The number of carbonyl (C=O) groups is 1. The van der Waals surface area contributed by atoms with E-state index in [2.05, 4.69) is 31.4 Å². The Morgan fingerprint density at radius 3 is 2.28 bits per heavy atom. The zero-order valence-electron chi connectivity index (χ0n) is 12.5. The van der Waals surface area contributed by atoms with Gasteiger partial charge < -0.3 is 10.6 Å². The van der Waals surface area contributed by atoms with Crippen molar-refractivity contribution in [3.63, 3.8) is 0 Å². The third-order valence-electron chi connectivity index (χ3n) is 4.67. The number of hydrogen-bond donors (Lipinski definition) is 2. The van der Waals surface area contributed by atoms with Crippen molar-refractivity contribution < 1.29 is 4.79 Å². The van der Waals surface area contributed by atoms with Gasteiger partial charge in [-0.15, -0.1) is 0 Å². The van der Waals surface area contributed by atoms with E-state index in [9.17, 15) is 4.79 Å². The molecular weight excluding hydrogens is 224 g/mol. The van der Waals surface area contributed by atoms with Crippen LogP contribution in [0.3, 0.4) is 0 Å². The van der Waals surface area contributed by atoms with Crippen LogP contribution in [0, 0.1) is 11.3 Å². The van der Waals surface area contributed by atoms with Crippen molar-refractivity contribution in [1.29, 1.82) is 0 Å². The number of nitrogens with one attached hydrogen (secondary N) is 2. The van der Waals surface area contributed by atoms with Gasteiger partial charge in [-0.05, 0) is 43.9 Å². The fraction of sp³-hybridized carbons (Fsp3) is 0.933. The first-order valence-corrected chi connectivity index (χ1v) is 7.49. The van der Waals surface area contributed by atoms with Gasteiger partial charge in [-0.25, -0.2) is 0 Å². The van der Waals surface area contributed by atoms with Crippen LogP contribution in [0.25, 0.3) is 0 Å². The summed E-state index contributed by atoms with van der Waals surface area (Å²) in [6.07, 6.45) is 6.29. The van der Waals surface area contributed by atoms with E-state index >= 15 is 0 Å². The average Bonchev–Trinajstić information content (AvgIpc) is 2.37. The SMILES string of the molecule is CCNC(=O)CNC1CCC(C(C)(C)CC)CC1. The molecule has 1 amide bonds. The highest BCUT2D eigenvalue weighted by Gasteiger charge is 2.31. The number of rotatable bonds is 6. The van der Waals surface area contributed by atoms with Gasteiger partial charge in [0, 0.05) is 12.6 Å². The van der Waals surface area contributed by atoms with Gasteiger partial charge in [-0.2, -0.15) is 0 Å². The van der Waals surface area contributed by atoms with Gasteiger partial charge in [-0.3, -0.25) is 4.79 Å². The average molecular weight is 254 g/mol. The van der Waals surface area contributed by atoms with Crippen molar-refractivity contribution in [3.8, 4) is 0 Å². The van der Waals surface area contributed by atoms with E-state index in [0.29, 0.717) is 18.0 Å². The van der Waals surface area contributed by atoms with E-state index in [0.717, 1.165) is 12.5 Å². The van der Waals surface area contributed by atoms with E-state index in [1.807, 2.05) is 6.92 Å². The molecule has 0 aromatic heterocycles. The van der Waals surface area contributed by atoms with E-state index in [1.165, 1.54) is 32.1 Å². The summed E-state index contributed by atoms with van der Waals surface area (Å²) in [4.78, 5) is 11.4. The topological polar surface area (TPSA) is 41.1 Å². The van der Waals surface area contributed by atoms with Crippen LogP contribution in [-0.2, 0) is 4.79 Å². The molecule has 0 heterocycles. The van der Waals surface area contributed by atoms with Crippen LogP contribution >= 0.6 is 0 Å². The summed E-state index contributed by atoms with van der Waals surface area (Å²) in [6, 6.07) is 0.538. The second-order valence-corrected chi connectivity index (χ2v) is 6.23. The summed E-state index contributed by atoms with van der Waals surface area (Å²) in [5, 5.41) is 6.21. The lowest BCUT2D eigenvalue weighted by molar-refractivity contribution is -0.120. The summed E-state index contributed by atoms with van der Waals surface area (Å²) in [5.74, 6) is 0.971. The second-order valence-electron chi connectivity index (χ2n) is 6.23. The maximum Gasteiger partial charge on any atom is 0.233 e. The zero-order chi connectivity index (χ0) is 13.6. The highest BCUT2D eigenvalue weighted by molar-refractivity contribution is 5.77. The van der Waals surface area contributed by atoms with Gasteiger partial charge in [0.25, 0.3) is 0 Å². The molecule has 0 atom stereocenters. The molecule has 1 aliphatic carbocycles. The Balaban J connectivity index is 2.25. The summed E-state index contributed by atoms with van der Waals surface area (Å²) in [7, 11) is 0. The van der Waals surface area contributed by atoms with Gasteiger partial charge in [0.15, 0.2) is 0 Å². The van der Waals surface area contributed by atoms with Gasteiger partial charge in [0.05, 0.1) is 6.54 Å². The number of likely N-dealkylation sites (N-methyl/N-ethyl adjacent to an activating group) is 1. The molecule has 0 bridgehead atoms. The minimum Gasteiger partial charge on any atom is -0.355 e. The highest BCUT2D eigenvalue weighted by Crippen LogP contribution is 2.40. The van der Waals surface area contributed by atoms with Crippen LogP contribution in [0.1, 0.15) is 59.8 Å². The maximum absolute atomic E-state index is 11.4. The summed E-state index contributed by atoms with van der Waals surface area (Å²) >= 11 is 0. The van der Waals surface area contributed by atoms with E-state index in [1.54, 1.807) is 0 Å². The first-order chi connectivity index (χ1) is 8.49. The van der Waals surface area contributed by atoms with Crippen LogP contribution in [0.2, 0.25) is 0 Å². The first-order valence-electron chi connectivity index (χ1n) is 7.49. The molecule has 1 aliphatic rings. The molecule has 2 N–H and O–H groups in total. The number of amides is 1. The fourth-order valence-electron chi connectivity index (χ4n) is 2.86. The second kappa shape index (κ2) is 7.13. The van der Waals surface area contributed by atoms with E-state index in [4.69, 9.17) is 0 Å². The van der Waals surface area contributed by atoms with Gasteiger partial charge in [-0.1, -0.05) is 27.2 Å². The molecule has 1 rings (SSSR count). The molecule has 0 unspecified atom stereocenters. The maximum atomic E-state index is 11.4. The zero-order valence-corrected chi connectivity index (χ0v) is 12.5. The van der Waals surface area contributed by atoms with Crippen molar-refractivity contribution in [3.05, 3.63) is 0 Å². The Morgan fingerprint density at radius 2 is 1.78 bits per heavy atom. The molecule has 0 aliphatic heterocycles. The quantitative estimate of drug-likeness (QED) is 0.765. The highest BCUT2D eigenvalue weighted by atomic mass is 16.1. The summed E-state index contributed by atoms with van der Waals surface area (Å²) in [5.41, 5.74) is 0.477. The summed E-state index contributed by atoms with van der Waals surface area (Å²) in [6.45, 7) is 10.2. The Kier molecular flexibility index (Phi) is 6.13. The summed E-state index contributed by atoms with van der Waals surface area (Å²) < 4.78 is 0. The van der Waals surface area contributed by atoms with Crippen LogP contribution in [0.5, 0.6) is 0 Å². The third kappa shape index (κ3) is 4.60. The molecule has 0 radical (unpaired) electrons. The van der Waals surface area contributed by atoms with Crippen molar-refractivity contribution in [2.45, 2.75) is 65.8 Å². The van der Waals surface area contributed by atoms with Crippen molar-refractivity contribution in [2.24, 2.45) is 11.3 Å². The van der Waals surface area contributed by atoms with Crippen LogP contribution in [0.4, 0.5) is 0 Å². The third-order valence-corrected chi connectivity index (χ3v) is 4.67. The predicted molar refractivity (Wildman–Crippen MR) is 76.5 cm³/mol. The molecule has 1 saturated carbocycles. The van der Waals surface area contributed by atoms with Gasteiger partial charge in [0.1, 0.15) is 0 Å². The molecule has 18 heavy (non-hydrogen) atoms.